The lowest BCUT2D eigenvalue weighted by Gasteiger charge is -2.33. The van der Waals surface area contributed by atoms with Crippen molar-refractivity contribution in [3.63, 3.8) is 0 Å². The summed E-state index contributed by atoms with van der Waals surface area (Å²) in [5.74, 6) is -0.413. The van der Waals surface area contributed by atoms with Gasteiger partial charge < -0.3 is 15.0 Å². The highest BCUT2D eigenvalue weighted by atomic mass is 79.9. The zero-order valence-corrected chi connectivity index (χ0v) is 26.4. The van der Waals surface area contributed by atoms with Gasteiger partial charge in [0.1, 0.15) is 18.3 Å². The highest BCUT2D eigenvalue weighted by Gasteiger charge is 2.34. The number of halogens is 1. The van der Waals surface area contributed by atoms with Crippen LogP contribution in [0.25, 0.3) is 0 Å². The zero-order chi connectivity index (χ0) is 30.1. The Balaban J connectivity index is 1.70. The van der Waals surface area contributed by atoms with Crippen molar-refractivity contribution in [3.8, 4) is 5.75 Å². The van der Waals surface area contributed by atoms with E-state index in [1.807, 2.05) is 31.2 Å². The van der Waals surface area contributed by atoms with Crippen LogP contribution in [0.5, 0.6) is 5.75 Å². The van der Waals surface area contributed by atoms with Crippen LogP contribution in [-0.4, -0.2) is 50.4 Å². The fraction of sp³-hybridized carbons (Fsp3) is 0.375. The van der Waals surface area contributed by atoms with Crippen molar-refractivity contribution in [3.05, 3.63) is 88.9 Å². The van der Waals surface area contributed by atoms with Gasteiger partial charge in [-0.2, -0.15) is 0 Å². The summed E-state index contributed by atoms with van der Waals surface area (Å²) in [6, 6.07) is 21.5. The van der Waals surface area contributed by atoms with E-state index in [0.717, 1.165) is 46.4 Å². The Bertz CT molecular complexity index is 1440. The molecule has 0 aromatic heterocycles. The molecule has 8 nitrogen and oxygen atoms in total. The SMILES string of the molecule is CCOc1ccccc1N(CC(=O)N(Cc1ccc(Br)cc1)[C@@H](C)C(=O)NC1CCCCC1)S(=O)(=O)c1ccccc1. The highest BCUT2D eigenvalue weighted by molar-refractivity contribution is 9.10. The molecule has 1 fully saturated rings. The summed E-state index contributed by atoms with van der Waals surface area (Å²) in [6.45, 7) is 3.44. The number of amides is 2. The van der Waals surface area contributed by atoms with E-state index in [-0.39, 0.29) is 29.1 Å². The van der Waals surface area contributed by atoms with E-state index in [0.29, 0.717) is 12.4 Å². The summed E-state index contributed by atoms with van der Waals surface area (Å²) in [4.78, 5) is 29.1. The first kappa shape index (κ1) is 31.6. The summed E-state index contributed by atoms with van der Waals surface area (Å²) in [7, 11) is -4.17. The van der Waals surface area contributed by atoms with Crippen molar-refractivity contribution in [1.29, 1.82) is 0 Å². The number of rotatable bonds is 12. The van der Waals surface area contributed by atoms with Crippen LogP contribution in [0.4, 0.5) is 5.69 Å². The molecule has 1 saturated carbocycles. The number of nitrogens with one attached hydrogen (secondary N) is 1. The minimum atomic E-state index is -4.17. The standard InChI is InChI=1S/C32H38BrN3O5S/c1-3-41-30-17-11-10-16-29(30)36(42(39,40)28-14-8-5-9-15-28)23-31(37)35(22-25-18-20-26(33)21-19-25)24(2)32(38)34-27-12-6-4-7-13-27/h5,8-11,14-21,24,27H,3-4,6-7,12-13,22-23H2,1-2H3,(H,34,38)/t24-/m0/s1. The van der Waals surface area contributed by atoms with E-state index in [1.54, 1.807) is 49.4 Å². The van der Waals surface area contributed by atoms with E-state index >= 15 is 0 Å². The first-order valence-electron chi connectivity index (χ1n) is 14.3. The van der Waals surface area contributed by atoms with Crippen LogP contribution in [0.3, 0.4) is 0 Å². The van der Waals surface area contributed by atoms with E-state index < -0.39 is 28.5 Å². The van der Waals surface area contributed by atoms with Crippen molar-refractivity contribution < 1.29 is 22.7 Å². The average molecular weight is 657 g/mol. The molecule has 1 atom stereocenters. The quantitative estimate of drug-likeness (QED) is 0.262. The van der Waals surface area contributed by atoms with Gasteiger partial charge in [-0.05, 0) is 68.7 Å². The molecule has 0 spiro atoms. The first-order valence-corrected chi connectivity index (χ1v) is 16.6. The number of carbonyl (C=O) groups excluding carboxylic acids is 2. The second-order valence-electron chi connectivity index (χ2n) is 10.4. The molecule has 0 unspecified atom stereocenters. The molecule has 42 heavy (non-hydrogen) atoms. The average Bonchev–Trinajstić information content (AvgIpc) is 3.00. The summed E-state index contributed by atoms with van der Waals surface area (Å²) in [5, 5.41) is 3.12. The van der Waals surface area contributed by atoms with Gasteiger partial charge in [0.25, 0.3) is 10.0 Å². The highest BCUT2D eigenvalue weighted by Crippen LogP contribution is 2.33. The van der Waals surface area contributed by atoms with Crippen molar-refractivity contribution in [1.82, 2.24) is 10.2 Å². The lowest BCUT2D eigenvalue weighted by atomic mass is 9.95. The molecule has 2 amide bonds. The van der Waals surface area contributed by atoms with Crippen LogP contribution >= 0.6 is 15.9 Å². The first-order chi connectivity index (χ1) is 20.2. The van der Waals surface area contributed by atoms with Crippen molar-refractivity contribution in [2.75, 3.05) is 17.5 Å². The largest absolute Gasteiger partial charge is 0.492 e. The molecular formula is C32H38BrN3O5S. The molecule has 1 aliphatic carbocycles. The third-order valence-electron chi connectivity index (χ3n) is 7.43. The van der Waals surface area contributed by atoms with Crippen LogP contribution in [-0.2, 0) is 26.2 Å². The van der Waals surface area contributed by atoms with Crippen LogP contribution in [0.1, 0.15) is 51.5 Å². The van der Waals surface area contributed by atoms with Gasteiger partial charge >= 0.3 is 0 Å². The van der Waals surface area contributed by atoms with Crippen LogP contribution in [0.15, 0.2) is 88.2 Å². The van der Waals surface area contributed by atoms with Crippen LogP contribution in [0, 0.1) is 0 Å². The number of ether oxygens (including phenoxy) is 1. The number of sulfonamides is 1. The van der Waals surface area contributed by atoms with E-state index in [4.69, 9.17) is 4.74 Å². The molecule has 4 rings (SSSR count). The molecule has 224 valence electrons. The van der Waals surface area contributed by atoms with Crippen molar-refractivity contribution in [2.45, 2.75) is 69.5 Å². The Morgan fingerprint density at radius 1 is 0.952 bits per heavy atom. The van der Waals surface area contributed by atoms with Gasteiger partial charge in [0.2, 0.25) is 11.8 Å². The molecule has 3 aromatic rings. The number of hydrogen-bond donors (Lipinski definition) is 1. The van der Waals surface area contributed by atoms with Crippen LogP contribution < -0.4 is 14.4 Å². The van der Waals surface area contributed by atoms with E-state index in [1.165, 1.54) is 17.0 Å². The third-order valence-corrected chi connectivity index (χ3v) is 9.73. The molecule has 10 heteroatoms. The summed E-state index contributed by atoms with van der Waals surface area (Å²) < 4.78 is 35.8. The molecule has 0 heterocycles. The second-order valence-corrected chi connectivity index (χ2v) is 13.2. The van der Waals surface area contributed by atoms with E-state index in [2.05, 4.69) is 21.2 Å². The summed E-state index contributed by atoms with van der Waals surface area (Å²) in [5.41, 5.74) is 1.07. The molecule has 1 aliphatic rings. The van der Waals surface area contributed by atoms with Crippen LogP contribution in [0.2, 0.25) is 0 Å². The monoisotopic (exact) mass is 655 g/mol. The maximum Gasteiger partial charge on any atom is 0.264 e. The van der Waals surface area contributed by atoms with Crippen molar-refractivity contribution in [2.24, 2.45) is 0 Å². The number of anilines is 1. The predicted octanol–water partition coefficient (Wildman–Crippen LogP) is 5.91. The normalized spacial score (nSPS) is 14.5. The van der Waals surface area contributed by atoms with Gasteiger partial charge in [0.05, 0.1) is 17.2 Å². The fourth-order valence-electron chi connectivity index (χ4n) is 5.11. The molecular weight excluding hydrogens is 618 g/mol. The Kier molecular flexibility index (Phi) is 11.0. The number of para-hydroxylation sites is 2. The second kappa shape index (κ2) is 14.7. The Hall–Kier alpha value is -3.37. The zero-order valence-electron chi connectivity index (χ0n) is 24.0. The number of hydrogen-bond acceptors (Lipinski definition) is 5. The van der Waals surface area contributed by atoms with Gasteiger partial charge in [-0.3, -0.25) is 13.9 Å². The number of benzene rings is 3. The van der Waals surface area contributed by atoms with E-state index in [9.17, 15) is 18.0 Å². The van der Waals surface area contributed by atoms with Crippen molar-refractivity contribution >= 4 is 43.5 Å². The number of nitrogens with zero attached hydrogens (tertiary/aromatic N) is 2. The maximum absolute atomic E-state index is 14.2. The molecule has 1 N–H and O–H groups in total. The minimum Gasteiger partial charge on any atom is -0.492 e. The van der Waals surface area contributed by atoms with Gasteiger partial charge in [-0.1, -0.05) is 77.7 Å². The molecule has 3 aromatic carbocycles. The Morgan fingerprint density at radius 3 is 2.26 bits per heavy atom. The topological polar surface area (TPSA) is 96.0 Å². The summed E-state index contributed by atoms with van der Waals surface area (Å²) >= 11 is 3.44. The van der Waals surface area contributed by atoms with Gasteiger partial charge in [-0.25, -0.2) is 8.42 Å². The lowest BCUT2D eigenvalue weighted by Crippen LogP contribution is -2.53. The van der Waals surface area contributed by atoms with Gasteiger partial charge in [0, 0.05) is 17.1 Å². The predicted molar refractivity (Wildman–Crippen MR) is 168 cm³/mol. The fourth-order valence-corrected chi connectivity index (χ4v) is 6.82. The third kappa shape index (κ3) is 7.92. The molecule has 0 radical (unpaired) electrons. The summed E-state index contributed by atoms with van der Waals surface area (Å²) in [6.07, 6.45) is 5.11. The molecule has 0 saturated heterocycles. The molecule has 0 bridgehead atoms. The maximum atomic E-state index is 14.2. The lowest BCUT2D eigenvalue weighted by molar-refractivity contribution is -0.139. The Morgan fingerprint density at radius 2 is 1.60 bits per heavy atom. The smallest absolute Gasteiger partial charge is 0.264 e. The Labute approximate surface area is 257 Å². The van der Waals surface area contributed by atoms with Gasteiger partial charge in [0.15, 0.2) is 0 Å². The minimum absolute atomic E-state index is 0.0478. The van der Waals surface area contributed by atoms with Gasteiger partial charge in [-0.15, -0.1) is 0 Å². The molecule has 0 aliphatic heterocycles. The number of carbonyl (C=O) groups is 2.